The molecular formula is C14H14BrClN2. The van der Waals surface area contributed by atoms with Crippen LogP contribution in [0.3, 0.4) is 0 Å². The van der Waals surface area contributed by atoms with Crippen LogP contribution in [0.25, 0.3) is 5.69 Å². The molecule has 1 heterocycles. The Morgan fingerprint density at radius 2 is 2.11 bits per heavy atom. The number of halogens is 2. The van der Waals surface area contributed by atoms with Crippen LogP contribution in [-0.2, 0) is 18.7 Å². The number of hydrogen-bond acceptors (Lipinski definition) is 1. The van der Waals surface area contributed by atoms with Crippen molar-refractivity contribution >= 4 is 27.5 Å². The van der Waals surface area contributed by atoms with Gasteiger partial charge in [0.2, 0.25) is 0 Å². The number of alkyl halides is 1. The molecule has 0 unspecified atom stereocenters. The summed E-state index contributed by atoms with van der Waals surface area (Å²) >= 11 is 9.54. The summed E-state index contributed by atoms with van der Waals surface area (Å²) in [5.74, 6) is 0.516. The smallest absolute Gasteiger partial charge is 0.0997 e. The van der Waals surface area contributed by atoms with E-state index in [4.69, 9.17) is 11.6 Å². The fourth-order valence-corrected chi connectivity index (χ4v) is 3.20. The summed E-state index contributed by atoms with van der Waals surface area (Å²) in [6, 6.07) is 6.25. The van der Waals surface area contributed by atoms with Gasteiger partial charge in [-0.05, 0) is 49.4 Å². The van der Waals surface area contributed by atoms with Crippen molar-refractivity contribution in [3.63, 3.8) is 0 Å². The Hall–Kier alpha value is -0.800. The van der Waals surface area contributed by atoms with Gasteiger partial charge in [-0.25, -0.2) is 4.98 Å². The van der Waals surface area contributed by atoms with Gasteiger partial charge >= 0.3 is 0 Å². The van der Waals surface area contributed by atoms with Crippen molar-refractivity contribution in [3.8, 4) is 5.69 Å². The zero-order valence-electron chi connectivity index (χ0n) is 10.00. The summed E-state index contributed by atoms with van der Waals surface area (Å²) in [4.78, 5) is 4.54. The Balaban J connectivity index is 2.12. The quantitative estimate of drug-likeness (QED) is 0.755. The number of imidazole rings is 1. The lowest BCUT2D eigenvalue weighted by molar-refractivity contribution is 0.655. The first-order valence-corrected chi connectivity index (χ1v) is 7.52. The Morgan fingerprint density at radius 1 is 1.28 bits per heavy atom. The molecule has 3 rings (SSSR count). The van der Waals surface area contributed by atoms with Crippen LogP contribution in [-0.4, -0.2) is 9.55 Å². The molecule has 0 fully saturated rings. The maximum atomic E-state index is 6.05. The molecule has 0 aliphatic heterocycles. The number of aromatic nitrogens is 2. The van der Waals surface area contributed by atoms with Gasteiger partial charge < -0.3 is 4.57 Å². The van der Waals surface area contributed by atoms with Gasteiger partial charge in [-0.3, -0.25) is 0 Å². The minimum absolute atomic E-state index is 0.516. The lowest BCUT2D eigenvalue weighted by Gasteiger charge is -2.16. The van der Waals surface area contributed by atoms with Crippen molar-refractivity contribution in [1.29, 1.82) is 0 Å². The normalized spacial score (nSPS) is 14.6. The van der Waals surface area contributed by atoms with Gasteiger partial charge in [0.1, 0.15) is 0 Å². The first-order chi connectivity index (χ1) is 8.79. The molecule has 0 atom stereocenters. The van der Waals surface area contributed by atoms with Crippen LogP contribution in [0.15, 0.2) is 29.0 Å². The van der Waals surface area contributed by atoms with E-state index in [1.807, 2.05) is 6.33 Å². The SMILES string of the molecule is ClCc1cc(Br)ccc1-n1cnc2c1CCCC2. The summed E-state index contributed by atoms with van der Waals surface area (Å²) in [6.45, 7) is 0. The molecule has 0 spiro atoms. The number of nitrogens with zero attached hydrogens (tertiary/aromatic N) is 2. The predicted molar refractivity (Wildman–Crippen MR) is 77.5 cm³/mol. The molecule has 0 saturated heterocycles. The van der Waals surface area contributed by atoms with Gasteiger partial charge in [0.05, 0.1) is 17.7 Å². The van der Waals surface area contributed by atoms with Crippen LogP contribution in [0.1, 0.15) is 29.8 Å². The van der Waals surface area contributed by atoms with Crippen LogP contribution >= 0.6 is 27.5 Å². The van der Waals surface area contributed by atoms with Crippen LogP contribution in [0.2, 0.25) is 0 Å². The Bertz CT molecular complexity index is 577. The maximum Gasteiger partial charge on any atom is 0.0997 e. The summed E-state index contributed by atoms with van der Waals surface area (Å²) in [5, 5.41) is 0. The minimum atomic E-state index is 0.516. The van der Waals surface area contributed by atoms with Gasteiger partial charge in [0, 0.05) is 16.0 Å². The molecule has 18 heavy (non-hydrogen) atoms. The highest BCUT2D eigenvalue weighted by Gasteiger charge is 2.17. The zero-order valence-corrected chi connectivity index (χ0v) is 12.3. The van der Waals surface area contributed by atoms with Crippen molar-refractivity contribution in [2.45, 2.75) is 31.6 Å². The molecule has 1 aliphatic rings. The van der Waals surface area contributed by atoms with E-state index >= 15 is 0 Å². The minimum Gasteiger partial charge on any atom is -0.303 e. The fourth-order valence-electron chi connectivity index (χ4n) is 2.57. The van der Waals surface area contributed by atoms with E-state index < -0.39 is 0 Å². The number of fused-ring (bicyclic) bond motifs is 1. The lowest BCUT2D eigenvalue weighted by Crippen LogP contribution is -2.08. The van der Waals surface area contributed by atoms with Crippen molar-refractivity contribution < 1.29 is 0 Å². The molecule has 2 nitrogen and oxygen atoms in total. The predicted octanol–water partition coefficient (Wildman–Crippen LogP) is 4.25. The van der Waals surface area contributed by atoms with Gasteiger partial charge in [0.15, 0.2) is 0 Å². The van der Waals surface area contributed by atoms with Crippen LogP contribution in [0.4, 0.5) is 0 Å². The third-order valence-corrected chi connectivity index (χ3v) is 4.26. The molecule has 1 aromatic carbocycles. The summed E-state index contributed by atoms with van der Waals surface area (Å²) in [5.41, 5.74) is 4.90. The molecule has 2 aromatic rings. The average molecular weight is 326 g/mol. The van der Waals surface area contributed by atoms with E-state index in [9.17, 15) is 0 Å². The van der Waals surface area contributed by atoms with Crippen LogP contribution in [0.5, 0.6) is 0 Å². The lowest BCUT2D eigenvalue weighted by atomic mass is 10.0. The summed E-state index contributed by atoms with van der Waals surface area (Å²) < 4.78 is 3.27. The molecular weight excluding hydrogens is 312 g/mol. The van der Waals surface area contributed by atoms with Gasteiger partial charge in [-0.15, -0.1) is 11.6 Å². The molecule has 0 saturated carbocycles. The monoisotopic (exact) mass is 324 g/mol. The van der Waals surface area contributed by atoms with E-state index in [-0.39, 0.29) is 0 Å². The van der Waals surface area contributed by atoms with Crippen molar-refractivity contribution in [2.75, 3.05) is 0 Å². The third-order valence-electron chi connectivity index (χ3n) is 3.48. The van der Waals surface area contributed by atoms with Crippen molar-refractivity contribution in [3.05, 3.63) is 46.0 Å². The van der Waals surface area contributed by atoms with Gasteiger partial charge in [0.25, 0.3) is 0 Å². The Morgan fingerprint density at radius 3 is 2.94 bits per heavy atom. The second kappa shape index (κ2) is 5.06. The Labute approximate surface area is 120 Å². The van der Waals surface area contributed by atoms with Crippen LogP contribution in [0, 0.1) is 0 Å². The second-order valence-electron chi connectivity index (χ2n) is 4.62. The molecule has 1 aliphatic carbocycles. The molecule has 94 valence electrons. The second-order valence-corrected chi connectivity index (χ2v) is 5.80. The van der Waals surface area contributed by atoms with Gasteiger partial charge in [-0.1, -0.05) is 15.9 Å². The molecule has 0 amide bonds. The number of benzene rings is 1. The number of aryl methyl sites for hydroxylation is 1. The fraction of sp³-hybridized carbons (Fsp3) is 0.357. The van der Waals surface area contributed by atoms with E-state index in [1.165, 1.54) is 24.2 Å². The average Bonchev–Trinajstić information content (AvgIpc) is 2.82. The standard InChI is InChI=1S/C14H14BrClN2/c15-11-5-6-13(10(7-11)8-16)18-9-17-12-3-1-2-4-14(12)18/h5-7,9H,1-4,8H2. The highest BCUT2D eigenvalue weighted by Crippen LogP contribution is 2.27. The first-order valence-electron chi connectivity index (χ1n) is 6.19. The van der Waals surface area contributed by atoms with E-state index in [0.29, 0.717) is 5.88 Å². The molecule has 0 radical (unpaired) electrons. The zero-order chi connectivity index (χ0) is 12.5. The topological polar surface area (TPSA) is 17.8 Å². The van der Waals surface area contributed by atoms with Gasteiger partial charge in [-0.2, -0.15) is 0 Å². The van der Waals surface area contributed by atoms with Crippen molar-refractivity contribution in [1.82, 2.24) is 9.55 Å². The molecule has 0 N–H and O–H groups in total. The number of hydrogen-bond donors (Lipinski definition) is 0. The highest BCUT2D eigenvalue weighted by atomic mass is 79.9. The Kier molecular flexibility index (Phi) is 3.44. The summed E-state index contributed by atoms with van der Waals surface area (Å²) in [6.07, 6.45) is 6.68. The van der Waals surface area contributed by atoms with Crippen molar-refractivity contribution in [2.24, 2.45) is 0 Å². The molecule has 1 aromatic heterocycles. The molecule has 4 heteroatoms. The number of rotatable bonds is 2. The largest absolute Gasteiger partial charge is 0.303 e. The highest BCUT2D eigenvalue weighted by molar-refractivity contribution is 9.10. The summed E-state index contributed by atoms with van der Waals surface area (Å²) in [7, 11) is 0. The van der Waals surface area contributed by atoms with E-state index in [1.54, 1.807) is 0 Å². The van der Waals surface area contributed by atoms with Crippen LogP contribution < -0.4 is 0 Å². The molecule has 0 bridgehead atoms. The van der Waals surface area contributed by atoms with E-state index in [0.717, 1.165) is 28.6 Å². The van der Waals surface area contributed by atoms with E-state index in [2.05, 4.69) is 43.7 Å². The maximum absolute atomic E-state index is 6.05. The third kappa shape index (κ3) is 2.10. The first kappa shape index (κ1) is 12.2.